The van der Waals surface area contributed by atoms with Crippen LogP contribution in [0.2, 0.25) is 0 Å². The number of carbonyl (C=O) groups is 1. The van der Waals surface area contributed by atoms with Crippen LogP contribution >= 0.6 is 23.5 Å². The highest BCUT2D eigenvalue weighted by molar-refractivity contribution is 8.04. The lowest BCUT2D eigenvalue weighted by atomic mass is 10.2. The topological polar surface area (TPSA) is 20.3 Å². The molecule has 3 atom stereocenters. The summed E-state index contributed by atoms with van der Waals surface area (Å²) in [4.78, 5) is 15.7. The molecule has 1 fully saturated rings. The standard InChI is InChI=1S/C13H15NOS2/c1-8-7-14-12(15)10-5-3-4-6-11(10)17-9(2)13(14)16-8/h3-6,8-9,13H,7H2,1-2H3. The van der Waals surface area contributed by atoms with E-state index in [1.807, 2.05) is 41.7 Å². The summed E-state index contributed by atoms with van der Waals surface area (Å²) in [6.45, 7) is 5.31. The van der Waals surface area contributed by atoms with Crippen LogP contribution in [0.5, 0.6) is 0 Å². The monoisotopic (exact) mass is 265 g/mol. The molecule has 1 aromatic rings. The van der Waals surface area contributed by atoms with Crippen LogP contribution in [0.4, 0.5) is 0 Å². The Morgan fingerprint density at radius 1 is 1.29 bits per heavy atom. The maximum atomic E-state index is 12.5. The highest BCUT2D eigenvalue weighted by atomic mass is 32.2. The molecule has 1 aromatic carbocycles. The molecule has 3 rings (SSSR count). The van der Waals surface area contributed by atoms with Crippen molar-refractivity contribution in [2.45, 2.75) is 34.6 Å². The minimum Gasteiger partial charge on any atom is -0.324 e. The van der Waals surface area contributed by atoms with Gasteiger partial charge in [0.25, 0.3) is 5.91 Å². The van der Waals surface area contributed by atoms with Gasteiger partial charge in [-0.2, -0.15) is 0 Å². The zero-order valence-corrected chi connectivity index (χ0v) is 11.6. The van der Waals surface area contributed by atoms with Gasteiger partial charge < -0.3 is 4.90 Å². The first-order valence-corrected chi connectivity index (χ1v) is 7.71. The van der Waals surface area contributed by atoms with Gasteiger partial charge in [-0.25, -0.2) is 0 Å². The van der Waals surface area contributed by atoms with Gasteiger partial charge in [0.1, 0.15) is 0 Å². The van der Waals surface area contributed by atoms with Gasteiger partial charge in [-0.1, -0.05) is 26.0 Å². The van der Waals surface area contributed by atoms with Crippen LogP contribution < -0.4 is 0 Å². The summed E-state index contributed by atoms with van der Waals surface area (Å²) in [5.74, 6) is 0.208. The highest BCUT2D eigenvalue weighted by Gasteiger charge is 2.40. The number of rotatable bonds is 0. The Morgan fingerprint density at radius 3 is 2.88 bits per heavy atom. The van der Waals surface area contributed by atoms with Crippen molar-refractivity contribution in [2.75, 3.05) is 6.54 Å². The Balaban J connectivity index is 2.05. The maximum absolute atomic E-state index is 12.5. The van der Waals surface area contributed by atoms with E-state index in [-0.39, 0.29) is 5.91 Å². The van der Waals surface area contributed by atoms with Gasteiger partial charge in [0.2, 0.25) is 0 Å². The normalized spacial score (nSPS) is 32.0. The van der Waals surface area contributed by atoms with Crippen molar-refractivity contribution < 1.29 is 4.79 Å². The summed E-state index contributed by atoms with van der Waals surface area (Å²) < 4.78 is 0. The Kier molecular flexibility index (Phi) is 2.87. The summed E-state index contributed by atoms with van der Waals surface area (Å²) in [5, 5.41) is 1.34. The van der Waals surface area contributed by atoms with E-state index in [9.17, 15) is 4.79 Å². The fourth-order valence-corrected chi connectivity index (χ4v) is 5.19. The summed E-state index contributed by atoms with van der Waals surface area (Å²) in [7, 11) is 0. The van der Waals surface area contributed by atoms with Crippen LogP contribution in [0.3, 0.4) is 0 Å². The zero-order valence-electron chi connectivity index (χ0n) is 9.92. The molecule has 0 aromatic heterocycles. The van der Waals surface area contributed by atoms with Gasteiger partial charge in [0, 0.05) is 21.9 Å². The molecule has 4 heteroatoms. The SMILES string of the molecule is CC1CN2C(=O)c3ccccc3SC(C)C2S1. The van der Waals surface area contributed by atoms with Gasteiger partial charge in [-0.15, -0.1) is 23.5 Å². The molecule has 0 bridgehead atoms. The summed E-state index contributed by atoms with van der Waals surface area (Å²) in [5.41, 5.74) is 0.876. The predicted molar refractivity (Wildman–Crippen MR) is 73.6 cm³/mol. The van der Waals surface area contributed by atoms with Gasteiger partial charge in [-0.3, -0.25) is 4.79 Å². The first-order chi connectivity index (χ1) is 8.16. The lowest BCUT2D eigenvalue weighted by molar-refractivity contribution is 0.0755. The maximum Gasteiger partial charge on any atom is 0.255 e. The van der Waals surface area contributed by atoms with E-state index in [1.165, 1.54) is 0 Å². The minimum absolute atomic E-state index is 0.208. The summed E-state index contributed by atoms with van der Waals surface area (Å²) >= 11 is 3.76. The van der Waals surface area contributed by atoms with Crippen LogP contribution in [0.1, 0.15) is 24.2 Å². The van der Waals surface area contributed by atoms with Gasteiger partial charge >= 0.3 is 0 Å². The number of amides is 1. The van der Waals surface area contributed by atoms with Crippen LogP contribution in [-0.2, 0) is 0 Å². The molecule has 17 heavy (non-hydrogen) atoms. The Hall–Kier alpha value is -0.610. The molecular weight excluding hydrogens is 250 g/mol. The largest absolute Gasteiger partial charge is 0.324 e. The third-order valence-corrected chi connectivity index (χ3v) is 6.19. The van der Waals surface area contributed by atoms with E-state index in [4.69, 9.17) is 0 Å². The molecule has 0 aliphatic carbocycles. The number of benzene rings is 1. The molecule has 1 amide bonds. The molecule has 1 saturated heterocycles. The second-order valence-electron chi connectivity index (χ2n) is 4.61. The molecule has 0 spiro atoms. The molecule has 2 nitrogen and oxygen atoms in total. The zero-order chi connectivity index (χ0) is 12.0. The summed E-state index contributed by atoms with van der Waals surface area (Å²) in [6, 6.07) is 7.98. The number of nitrogens with zero attached hydrogens (tertiary/aromatic N) is 1. The fourth-order valence-electron chi connectivity index (χ4n) is 2.46. The van der Waals surface area contributed by atoms with E-state index in [0.29, 0.717) is 15.9 Å². The third-order valence-electron chi connectivity index (χ3n) is 3.23. The number of hydrogen-bond donors (Lipinski definition) is 0. The van der Waals surface area contributed by atoms with E-state index >= 15 is 0 Å². The average Bonchev–Trinajstić information content (AvgIpc) is 2.67. The minimum atomic E-state index is 0.208. The van der Waals surface area contributed by atoms with Crippen molar-refractivity contribution in [3.8, 4) is 0 Å². The molecule has 0 N–H and O–H groups in total. The van der Waals surface area contributed by atoms with Crippen LogP contribution in [0.25, 0.3) is 0 Å². The second kappa shape index (κ2) is 4.25. The molecular formula is C13H15NOS2. The van der Waals surface area contributed by atoms with Crippen molar-refractivity contribution in [3.05, 3.63) is 29.8 Å². The lowest BCUT2D eigenvalue weighted by Gasteiger charge is -2.24. The van der Waals surface area contributed by atoms with E-state index in [1.54, 1.807) is 0 Å². The predicted octanol–water partition coefficient (Wildman–Crippen LogP) is 3.08. The Bertz CT molecular complexity index is 462. The molecule has 90 valence electrons. The first-order valence-electron chi connectivity index (χ1n) is 5.89. The van der Waals surface area contributed by atoms with Crippen LogP contribution in [-0.4, -0.2) is 33.2 Å². The highest BCUT2D eigenvalue weighted by Crippen LogP contribution is 2.43. The van der Waals surface area contributed by atoms with Crippen molar-refractivity contribution in [3.63, 3.8) is 0 Å². The molecule has 2 heterocycles. The third kappa shape index (κ3) is 1.87. The van der Waals surface area contributed by atoms with Crippen LogP contribution in [0, 0.1) is 0 Å². The summed E-state index contributed by atoms with van der Waals surface area (Å²) in [6.07, 6.45) is 0. The molecule has 0 saturated carbocycles. The van der Waals surface area contributed by atoms with Crippen molar-refractivity contribution in [2.24, 2.45) is 0 Å². The first kappa shape index (κ1) is 11.5. The average molecular weight is 265 g/mol. The van der Waals surface area contributed by atoms with Crippen LogP contribution in [0.15, 0.2) is 29.2 Å². The van der Waals surface area contributed by atoms with E-state index in [2.05, 4.69) is 24.8 Å². The van der Waals surface area contributed by atoms with Crippen molar-refractivity contribution in [1.82, 2.24) is 4.90 Å². The van der Waals surface area contributed by atoms with E-state index < -0.39 is 0 Å². The number of hydrogen-bond acceptors (Lipinski definition) is 3. The Morgan fingerprint density at radius 2 is 2.06 bits per heavy atom. The van der Waals surface area contributed by atoms with Gasteiger partial charge in [-0.05, 0) is 12.1 Å². The van der Waals surface area contributed by atoms with Crippen molar-refractivity contribution in [1.29, 1.82) is 0 Å². The number of fused-ring (bicyclic) bond motifs is 2. The van der Waals surface area contributed by atoms with Gasteiger partial charge in [0.15, 0.2) is 0 Å². The smallest absolute Gasteiger partial charge is 0.255 e. The van der Waals surface area contributed by atoms with Crippen molar-refractivity contribution >= 4 is 29.4 Å². The lowest BCUT2D eigenvalue weighted by Crippen LogP contribution is -2.38. The van der Waals surface area contributed by atoms with E-state index in [0.717, 1.165) is 17.0 Å². The molecule has 2 aliphatic heterocycles. The molecule has 0 radical (unpaired) electrons. The second-order valence-corrected chi connectivity index (χ2v) is 7.59. The number of carbonyl (C=O) groups excluding carboxylic acids is 1. The molecule has 3 unspecified atom stereocenters. The quantitative estimate of drug-likeness (QED) is 0.719. The molecule has 2 aliphatic rings. The Labute approximate surface area is 110 Å². The van der Waals surface area contributed by atoms with Gasteiger partial charge in [0.05, 0.1) is 10.9 Å². The number of thioether (sulfide) groups is 2. The fraction of sp³-hybridized carbons (Fsp3) is 0.462.